The minimum Gasteiger partial charge on any atom is -0.294 e. The van der Waals surface area contributed by atoms with Gasteiger partial charge in [-0.2, -0.15) is 17.6 Å². The Balaban J connectivity index is 1.76. The molecule has 0 atom stereocenters. The number of hydrogen-bond donors (Lipinski definition) is 0. The van der Waals surface area contributed by atoms with Gasteiger partial charge in [0.1, 0.15) is 0 Å². The van der Waals surface area contributed by atoms with Crippen LogP contribution in [0.2, 0.25) is 0 Å². The van der Waals surface area contributed by atoms with Gasteiger partial charge >= 0.3 is 0 Å². The Morgan fingerprint density at radius 2 is 1.67 bits per heavy atom. The van der Waals surface area contributed by atoms with Crippen molar-refractivity contribution in [2.24, 2.45) is 0 Å². The molecule has 0 aliphatic carbocycles. The standard InChI is InChI=1S/C20H15N3O3S/c24-20(15-9-11-21-12-10-15)13-16-5-4-8-19-18(16)14-22-23(19)27(25,26)17-6-2-1-3-7-17/h1-12,14H,13H2. The Hall–Kier alpha value is -3.32. The Kier molecular flexibility index (Phi) is 4.29. The fourth-order valence-electron chi connectivity index (χ4n) is 2.94. The number of carbonyl (C=O) groups is 1. The Morgan fingerprint density at radius 1 is 0.926 bits per heavy atom. The average Bonchev–Trinajstić information content (AvgIpc) is 3.15. The molecule has 0 amide bonds. The summed E-state index contributed by atoms with van der Waals surface area (Å²) in [5, 5.41) is 4.73. The molecule has 0 N–H and O–H groups in total. The number of pyridine rings is 1. The molecule has 4 rings (SSSR count). The lowest BCUT2D eigenvalue weighted by atomic mass is 10.0. The Morgan fingerprint density at radius 3 is 2.41 bits per heavy atom. The highest BCUT2D eigenvalue weighted by Gasteiger charge is 2.21. The molecule has 0 saturated heterocycles. The quantitative estimate of drug-likeness (QED) is 0.499. The van der Waals surface area contributed by atoms with Crippen molar-refractivity contribution in [3.8, 4) is 0 Å². The van der Waals surface area contributed by atoms with Gasteiger partial charge in [-0.05, 0) is 35.9 Å². The van der Waals surface area contributed by atoms with E-state index in [-0.39, 0.29) is 17.1 Å². The van der Waals surface area contributed by atoms with E-state index in [1.54, 1.807) is 54.9 Å². The van der Waals surface area contributed by atoms with Crippen molar-refractivity contribution in [2.45, 2.75) is 11.3 Å². The monoisotopic (exact) mass is 377 g/mol. The van der Waals surface area contributed by atoms with Gasteiger partial charge in [0.05, 0.1) is 16.6 Å². The number of fused-ring (bicyclic) bond motifs is 1. The third kappa shape index (κ3) is 3.13. The topological polar surface area (TPSA) is 81.9 Å². The highest BCUT2D eigenvalue weighted by Crippen LogP contribution is 2.24. The number of ketones is 1. The lowest BCUT2D eigenvalue weighted by Crippen LogP contribution is -2.14. The van der Waals surface area contributed by atoms with Gasteiger partial charge in [-0.1, -0.05) is 30.3 Å². The molecule has 27 heavy (non-hydrogen) atoms. The minimum atomic E-state index is -3.81. The second kappa shape index (κ2) is 6.77. The van der Waals surface area contributed by atoms with Crippen LogP contribution in [0.3, 0.4) is 0 Å². The molecule has 0 aliphatic rings. The number of aromatic nitrogens is 3. The van der Waals surface area contributed by atoms with Crippen molar-refractivity contribution in [2.75, 3.05) is 0 Å². The number of Topliss-reactive ketones (excluding diaryl/α,β-unsaturated/α-hetero) is 1. The Labute approximate surface area is 156 Å². The Bertz CT molecular complexity index is 1220. The highest BCUT2D eigenvalue weighted by molar-refractivity contribution is 7.90. The molecule has 0 saturated carbocycles. The maximum Gasteiger partial charge on any atom is 0.283 e. The van der Waals surface area contributed by atoms with E-state index in [0.29, 0.717) is 16.5 Å². The molecule has 134 valence electrons. The number of carbonyl (C=O) groups excluding carboxylic acids is 1. The molecular formula is C20H15N3O3S. The fraction of sp³-hybridized carbons (Fsp3) is 0.0500. The first kappa shape index (κ1) is 17.1. The van der Waals surface area contributed by atoms with Gasteiger partial charge in [0.15, 0.2) is 5.78 Å². The lowest BCUT2D eigenvalue weighted by molar-refractivity contribution is 0.0993. The predicted molar refractivity (Wildman–Crippen MR) is 101 cm³/mol. The number of hydrogen-bond acceptors (Lipinski definition) is 5. The summed E-state index contributed by atoms with van der Waals surface area (Å²) >= 11 is 0. The average molecular weight is 377 g/mol. The third-order valence-electron chi connectivity index (χ3n) is 4.29. The van der Waals surface area contributed by atoms with E-state index < -0.39 is 10.0 Å². The van der Waals surface area contributed by atoms with Crippen LogP contribution in [0.15, 0.2) is 84.1 Å². The van der Waals surface area contributed by atoms with E-state index in [0.717, 1.165) is 9.65 Å². The zero-order chi connectivity index (χ0) is 18.9. The molecule has 0 aliphatic heterocycles. The van der Waals surface area contributed by atoms with E-state index in [9.17, 15) is 13.2 Å². The fourth-order valence-corrected chi connectivity index (χ4v) is 4.23. The van der Waals surface area contributed by atoms with Crippen LogP contribution in [0.25, 0.3) is 10.9 Å². The summed E-state index contributed by atoms with van der Waals surface area (Å²) in [7, 11) is -3.81. The summed E-state index contributed by atoms with van der Waals surface area (Å²) in [4.78, 5) is 16.6. The largest absolute Gasteiger partial charge is 0.294 e. The van der Waals surface area contributed by atoms with Crippen molar-refractivity contribution in [3.63, 3.8) is 0 Å². The van der Waals surface area contributed by atoms with E-state index in [1.165, 1.54) is 18.3 Å². The molecule has 2 heterocycles. The zero-order valence-electron chi connectivity index (χ0n) is 14.2. The van der Waals surface area contributed by atoms with Crippen LogP contribution < -0.4 is 0 Å². The van der Waals surface area contributed by atoms with E-state index >= 15 is 0 Å². The summed E-state index contributed by atoms with van der Waals surface area (Å²) in [6.07, 6.45) is 4.78. The summed E-state index contributed by atoms with van der Waals surface area (Å²) in [6.45, 7) is 0. The van der Waals surface area contributed by atoms with Crippen LogP contribution in [0, 0.1) is 0 Å². The second-order valence-corrected chi connectivity index (χ2v) is 7.76. The van der Waals surface area contributed by atoms with E-state index in [4.69, 9.17) is 0 Å². The first-order valence-corrected chi connectivity index (χ1v) is 9.71. The van der Waals surface area contributed by atoms with Crippen molar-refractivity contribution in [3.05, 3.63) is 90.4 Å². The van der Waals surface area contributed by atoms with Gasteiger partial charge in [-0.15, -0.1) is 0 Å². The molecule has 0 spiro atoms. The summed E-state index contributed by atoms with van der Waals surface area (Å²) in [5.74, 6) is -0.0661. The van der Waals surface area contributed by atoms with Crippen LogP contribution in [-0.2, 0) is 16.4 Å². The van der Waals surface area contributed by atoms with Crippen molar-refractivity contribution >= 4 is 26.7 Å². The maximum atomic E-state index is 12.9. The predicted octanol–water partition coefficient (Wildman–Crippen LogP) is 3.09. The molecule has 2 aromatic heterocycles. The van der Waals surface area contributed by atoms with Crippen LogP contribution in [0.1, 0.15) is 15.9 Å². The molecule has 2 aromatic carbocycles. The molecule has 4 aromatic rings. The highest BCUT2D eigenvalue weighted by atomic mass is 32.2. The third-order valence-corrected chi connectivity index (χ3v) is 5.91. The summed E-state index contributed by atoms with van der Waals surface area (Å²) < 4.78 is 26.8. The smallest absolute Gasteiger partial charge is 0.283 e. The summed E-state index contributed by atoms with van der Waals surface area (Å²) in [6, 6.07) is 16.7. The van der Waals surface area contributed by atoms with Crippen LogP contribution in [0.5, 0.6) is 0 Å². The number of nitrogens with zero attached hydrogens (tertiary/aromatic N) is 3. The second-order valence-electron chi connectivity index (χ2n) is 5.99. The van der Waals surface area contributed by atoms with Crippen molar-refractivity contribution < 1.29 is 13.2 Å². The molecule has 6 nitrogen and oxygen atoms in total. The zero-order valence-corrected chi connectivity index (χ0v) is 15.0. The molecular weight excluding hydrogens is 362 g/mol. The molecule has 0 bridgehead atoms. The lowest BCUT2D eigenvalue weighted by Gasteiger charge is -2.07. The first-order chi connectivity index (χ1) is 13.1. The molecule has 7 heteroatoms. The van der Waals surface area contributed by atoms with E-state index in [2.05, 4.69) is 10.1 Å². The molecule has 0 radical (unpaired) electrons. The number of rotatable bonds is 5. The van der Waals surface area contributed by atoms with Gasteiger partial charge in [-0.3, -0.25) is 9.78 Å². The SMILES string of the molecule is O=C(Cc1cccc2c1cnn2S(=O)(=O)c1ccccc1)c1ccncc1. The van der Waals surface area contributed by atoms with Gasteiger partial charge in [-0.25, -0.2) is 0 Å². The van der Waals surface area contributed by atoms with Gasteiger partial charge in [0.25, 0.3) is 10.0 Å². The maximum absolute atomic E-state index is 12.9. The van der Waals surface area contributed by atoms with Gasteiger partial charge < -0.3 is 0 Å². The first-order valence-electron chi connectivity index (χ1n) is 8.27. The van der Waals surface area contributed by atoms with Gasteiger partial charge in [0, 0.05) is 29.8 Å². The van der Waals surface area contributed by atoms with E-state index in [1.807, 2.05) is 6.07 Å². The molecule has 0 unspecified atom stereocenters. The molecule has 0 fully saturated rings. The summed E-state index contributed by atoms with van der Waals surface area (Å²) in [5.41, 5.74) is 1.73. The van der Waals surface area contributed by atoms with Crippen molar-refractivity contribution in [1.82, 2.24) is 14.2 Å². The minimum absolute atomic E-state index is 0.0661. The van der Waals surface area contributed by atoms with Crippen LogP contribution >= 0.6 is 0 Å². The van der Waals surface area contributed by atoms with Gasteiger partial charge in [0.2, 0.25) is 0 Å². The van der Waals surface area contributed by atoms with Crippen LogP contribution in [-0.4, -0.2) is 28.4 Å². The van der Waals surface area contributed by atoms with Crippen LogP contribution in [0.4, 0.5) is 0 Å². The normalized spacial score (nSPS) is 11.6. The van der Waals surface area contributed by atoms with Crippen molar-refractivity contribution in [1.29, 1.82) is 0 Å². The number of benzene rings is 2.